The first-order valence-corrected chi connectivity index (χ1v) is 11.3. The molecule has 0 unspecified atom stereocenters. The van der Waals surface area contributed by atoms with Crippen molar-refractivity contribution in [3.05, 3.63) is 48.2 Å². The lowest BCUT2D eigenvalue weighted by atomic mass is 10.1. The van der Waals surface area contributed by atoms with Gasteiger partial charge in [0.25, 0.3) is 5.91 Å². The van der Waals surface area contributed by atoms with E-state index in [2.05, 4.69) is 39.5 Å². The number of hydrogen-bond acceptors (Lipinski definition) is 6. The van der Waals surface area contributed by atoms with Crippen LogP contribution in [0.3, 0.4) is 0 Å². The van der Waals surface area contributed by atoms with Crippen LogP contribution >= 0.6 is 0 Å². The van der Waals surface area contributed by atoms with Gasteiger partial charge in [-0.15, -0.1) is 5.10 Å². The highest BCUT2D eigenvalue weighted by atomic mass is 16.5. The largest absolute Gasteiger partial charge is 0.377 e. The van der Waals surface area contributed by atoms with Crippen molar-refractivity contribution in [3.8, 4) is 11.3 Å². The van der Waals surface area contributed by atoms with Crippen LogP contribution in [0.1, 0.15) is 38.1 Å². The zero-order valence-electron chi connectivity index (χ0n) is 19.5. The van der Waals surface area contributed by atoms with E-state index in [0.29, 0.717) is 25.3 Å². The molecule has 0 saturated carbocycles. The fourth-order valence-electron chi connectivity index (χ4n) is 3.40. The second kappa shape index (κ2) is 11.6. The maximum Gasteiger partial charge on any atom is 0.251 e. The van der Waals surface area contributed by atoms with Crippen molar-refractivity contribution in [2.24, 2.45) is 0 Å². The van der Waals surface area contributed by atoms with Crippen LogP contribution in [0.5, 0.6) is 0 Å². The Kier molecular flexibility index (Phi) is 8.58. The Balaban J connectivity index is 1.65. The number of aromatic nitrogens is 3. The van der Waals surface area contributed by atoms with E-state index >= 15 is 0 Å². The Morgan fingerprint density at radius 1 is 1.09 bits per heavy atom. The Morgan fingerprint density at radius 2 is 1.84 bits per heavy atom. The number of amides is 1. The minimum Gasteiger partial charge on any atom is -0.377 e. The van der Waals surface area contributed by atoms with Gasteiger partial charge in [0.05, 0.1) is 24.6 Å². The van der Waals surface area contributed by atoms with Gasteiger partial charge in [0.15, 0.2) is 5.65 Å². The third-order valence-corrected chi connectivity index (χ3v) is 5.27. The molecular weight excluding hydrogens is 404 g/mol. The number of ether oxygens (including phenoxy) is 1. The molecule has 0 atom stereocenters. The number of carbonyl (C=O) groups is 1. The fraction of sp³-hybridized carbons (Fsp3) is 0.458. The van der Waals surface area contributed by atoms with Gasteiger partial charge in [-0.2, -0.15) is 0 Å². The number of anilines is 1. The number of nitrogens with one attached hydrogen (secondary N) is 2. The molecule has 8 nitrogen and oxygen atoms in total. The minimum atomic E-state index is -0.0601. The molecule has 8 heteroatoms. The van der Waals surface area contributed by atoms with Crippen molar-refractivity contribution in [2.75, 3.05) is 44.6 Å². The first-order chi connectivity index (χ1) is 15.5. The summed E-state index contributed by atoms with van der Waals surface area (Å²) >= 11 is 0. The molecule has 0 saturated heterocycles. The number of benzene rings is 1. The van der Waals surface area contributed by atoms with Crippen molar-refractivity contribution in [1.29, 1.82) is 0 Å². The maximum absolute atomic E-state index is 12.4. The van der Waals surface area contributed by atoms with Crippen LogP contribution < -0.4 is 10.6 Å². The summed E-state index contributed by atoms with van der Waals surface area (Å²) < 4.78 is 7.37. The van der Waals surface area contributed by atoms with E-state index in [0.717, 1.165) is 42.4 Å². The summed E-state index contributed by atoms with van der Waals surface area (Å²) in [5.41, 5.74) is 3.23. The van der Waals surface area contributed by atoms with E-state index in [1.807, 2.05) is 54.8 Å². The van der Waals surface area contributed by atoms with Crippen LogP contribution in [0.25, 0.3) is 16.9 Å². The molecule has 0 aliphatic heterocycles. The Labute approximate surface area is 190 Å². The average Bonchev–Trinajstić information content (AvgIpc) is 3.23. The van der Waals surface area contributed by atoms with Gasteiger partial charge in [0.1, 0.15) is 5.82 Å². The van der Waals surface area contributed by atoms with E-state index in [1.54, 1.807) is 6.20 Å². The molecule has 0 aliphatic rings. The van der Waals surface area contributed by atoms with Crippen molar-refractivity contribution in [3.63, 3.8) is 0 Å². The number of hydrogen-bond donors (Lipinski definition) is 2. The van der Waals surface area contributed by atoms with Gasteiger partial charge in [-0.05, 0) is 51.2 Å². The molecule has 2 N–H and O–H groups in total. The minimum absolute atomic E-state index is 0.0601. The quantitative estimate of drug-likeness (QED) is 0.422. The summed E-state index contributed by atoms with van der Waals surface area (Å²) in [4.78, 5) is 19.2. The molecule has 0 bridgehead atoms. The number of nitrogens with zero attached hydrogens (tertiary/aromatic N) is 4. The lowest BCUT2D eigenvalue weighted by Crippen LogP contribution is -2.34. The highest BCUT2D eigenvalue weighted by Gasteiger charge is 2.11. The van der Waals surface area contributed by atoms with E-state index in [9.17, 15) is 4.79 Å². The molecule has 0 spiro atoms. The number of imidazole rings is 1. The van der Waals surface area contributed by atoms with Crippen LogP contribution in [-0.4, -0.2) is 70.8 Å². The van der Waals surface area contributed by atoms with Crippen LogP contribution in [0.2, 0.25) is 0 Å². The van der Waals surface area contributed by atoms with E-state index < -0.39 is 0 Å². The molecule has 3 rings (SSSR count). The van der Waals surface area contributed by atoms with Crippen LogP contribution in [0, 0.1) is 0 Å². The average molecular weight is 439 g/mol. The molecule has 0 aliphatic carbocycles. The Hall–Kier alpha value is -2.97. The van der Waals surface area contributed by atoms with Gasteiger partial charge < -0.3 is 20.3 Å². The summed E-state index contributed by atoms with van der Waals surface area (Å²) in [6.45, 7) is 13.0. The van der Waals surface area contributed by atoms with Crippen LogP contribution in [-0.2, 0) is 4.74 Å². The Bertz CT molecular complexity index is 995. The summed E-state index contributed by atoms with van der Waals surface area (Å²) in [5.74, 6) is 0.698. The second-order valence-corrected chi connectivity index (χ2v) is 7.84. The highest BCUT2D eigenvalue weighted by molar-refractivity contribution is 5.94. The van der Waals surface area contributed by atoms with Crippen molar-refractivity contribution >= 4 is 17.4 Å². The number of rotatable bonds is 12. The number of carbonyl (C=O) groups excluding carboxylic acids is 1. The molecule has 1 amide bonds. The molecule has 0 radical (unpaired) electrons. The van der Waals surface area contributed by atoms with Gasteiger partial charge in [0, 0.05) is 30.8 Å². The molecule has 32 heavy (non-hydrogen) atoms. The predicted octanol–water partition coefficient (Wildman–Crippen LogP) is 3.30. The summed E-state index contributed by atoms with van der Waals surface area (Å²) in [5, 5.41) is 10.9. The van der Waals surface area contributed by atoms with Gasteiger partial charge in [0.2, 0.25) is 0 Å². The highest BCUT2D eigenvalue weighted by Crippen LogP contribution is 2.21. The van der Waals surface area contributed by atoms with Gasteiger partial charge in [-0.1, -0.05) is 26.0 Å². The van der Waals surface area contributed by atoms with E-state index in [4.69, 9.17) is 4.74 Å². The lowest BCUT2D eigenvalue weighted by Gasteiger charge is -2.17. The van der Waals surface area contributed by atoms with E-state index in [-0.39, 0.29) is 12.0 Å². The fourth-order valence-corrected chi connectivity index (χ4v) is 3.40. The first kappa shape index (κ1) is 23.7. The number of likely N-dealkylation sites (N-methyl/N-ethyl adjacent to an activating group) is 1. The van der Waals surface area contributed by atoms with Gasteiger partial charge >= 0.3 is 0 Å². The Morgan fingerprint density at radius 3 is 2.53 bits per heavy atom. The molecule has 2 aromatic heterocycles. The lowest BCUT2D eigenvalue weighted by molar-refractivity contribution is 0.0870. The van der Waals surface area contributed by atoms with Crippen molar-refractivity contribution < 1.29 is 9.53 Å². The molecule has 2 heterocycles. The zero-order chi connectivity index (χ0) is 22.9. The van der Waals surface area contributed by atoms with Crippen molar-refractivity contribution in [1.82, 2.24) is 24.8 Å². The van der Waals surface area contributed by atoms with Crippen LogP contribution in [0.4, 0.5) is 5.82 Å². The van der Waals surface area contributed by atoms with E-state index in [1.165, 1.54) is 0 Å². The third-order valence-electron chi connectivity index (χ3n) is 5.27. The zero-order valence-corrected chi connectivity index (χ0v) is 19.5. The normalized spacial score (nSPS) is 11.4. The molecular formula is C24H34N6O2. The van der Waals surface area contributed by atoms with Crippen LogP contribution in [0.15, 0.2) is 42.6 Å². The maximum atomic E-state index is 12.4. The van der Waals surface area contributed by atoms with Gasteiger partial charge in [-0.3, -0.25) is 4.79 Å². The molecule has 172 valence electrons. The third kappa shape index (κ3) is 6.27. The molecule has 0 fully saturated rings. The number of fused-ring (bicyclic) bond motifs is 1. The molecule has 1 aromatic carbocycles. The standard InChI is InChI=1S/C24H34N6O2/c1-5-29(6-2)15-13-26-24(31)20-9-7-19(8-10-20)21-17-27-23-12-11-22(28-30(21)23)25-14-16-32-18(3)4/h7-12,17-18H,5-6,13-16H2,1-4H3,(H,25,28)(H,26,31). The van der Waals surface area contributed by atoms with Crippen molar-refractivity contribution in [2.45, 2.75) is 33.8 Å². The first-order valence-electron chi connectivity index (χ1n) is 11.3. The summed E-state index contributed by atoms with van der Waals surface area (Å²) in [6, 6.07) is 11.4. The predicted molar refractivity (Wildman–Crippen MR) is 128 cm³/mol. The summed E-state index contributed by atoms with van der Waals surface area (Å²) in [6.07, 6.45) is 2.01. The summed E-state index contributed by atoms with van der Waals surface area (Å²) in [7, 11) is 0. The SMILES string of the molecule is CCN(CC)CCNC(=O)c1ccc(-c2cnc3ccc(NCCOC(C)C)nn23)cc1. The second-order valence-electron chi connectivity index (χ2n) is 7.84. The monoisotopic (exact) mass is 438 g/mol. The molecule has 3 aromatic rings. The topological polar surface area (TPSA) is 83.8 Å². The van der Waals surface area contributed by atoms with Gasteiger partial charge in [-0.25, -0.2) is 9.50 Å². The smallest absolute Gasteiger partial charge is 0.251 e.